The highest BCUT2D eigenvalue weighted by atomic mass is 19.1. The normalized spacial score (nSPS) is 12.4. The number of aromatic amines is 1. The zero-order valence-corrected chi connectivity index (χ0v) is 9.56. The summed E-state index contributed by atoms with van der Waals surface area (Å²) in [6.45, 7) is 5.30. The van der Waals surface area contributed by atoms with E-state index in [0.717, 1.165) is 10.9 Å². The number of halogens is 1. The van der Waals surface area contributed by atoms with Gasteiger partial charge in [-0.2, -0.15) is 5.10 Å². The Balaban J connectivity index is 2.97. The topological polar surface area (TPSA) is 54.7 Å². The van der Waals surface area contributed by atoms with E-state index in [0.29, 0.717) is 22.3 Å². The van der Waals surface area contributed by atoms with Crippen molar-refractivity contribution in [2.24, 2.45) is 5.73 Å². The standard InChI is InChI=1S/C12H14FN3/c1-4-9(14)10-6(2)11(13)7(3)12-8(10)5-15-16-12/h4-5H,14H2,1-3H3,(H,15,16)/b9-4-. The number of nitrogens with zero attached hydrogens (tertiary/aromatic N) is 1. The summed E-state index contributed by atoms with van der Waals surface area (Å²) in [6.07, 6.45) is 3.45. The van der Waals surface area contributed by atoms with Gasteiger partial charge in [0.15, 0.2) is 0 Å². The lowest BCUT2D eigenvalue weighted by Crippen LogP contribution is -2.03. The second kappa shape index (κ2) is 3.63. The average molecular weight is 219 g/mol. The Kier molecular flexibility index (Phi) is 2.42. The van der Waals surface area contributed by atoms with E-state index in [1.807, 2.05) is 6.92 Å². The van der Waals surface area contributed by atoms with Crippen molar-refractivity contribution in [1.29, 1.82) is 0 Å². The minimum absolute atomic E-state index is 0.225. The Morgan fingerprint density at radius 2 is 2.12 bits per heavy atom. The van der Waals surface area contributed by atoms with Gasteiger partial charge in [0.25, 0.3) is 0 Å². The van der Waals surface area contributed by atoms with Gasteiger partial charge in [-0.05, 0) is 26.3 Å². The molecular formula is C12H14FN3. The summed E-state index contributed by atoms with van der Waals surface area (Å²) in [5, 5.41) is 7.62. The van der Waals surface area contributed by atoms with Crippen LogP contribution in [0.1, 0.15) is 23.6 Å². The molecule has 0 saturated carbocycles. The first-order valence-electron chi connectivity index (χ1n) is 5.11. The van der Waals surface area contributed by atoms with Gasteiger partial charge in [0.05, 0.1) is 11.7 Å². The number of nitrogens with one attached hydrogen (secondary N) is 1. The summed E-state index contributed by atoms with van der Waals surface area (Å²) in [5.74, 6) is -0.225. The predicted octanol–water partition coefficient (Wildman–Crippen LogP) is 2.64. The lowest BCUT2D eigenvalue weighted by molar-refractivity contribution is 0.611. The first-order valence-corrected chi connectivity index (χ1v) is 5.11. The van der Waals surface area contributed by atoms with Gasteiger partial charge in [0.1, 0.15) is 5.82 Å². The first-order chi connectivity index (χ1) is 7.57. The van der Waals surface area contributed by atoms with Crippen molar-refractivity contribution >= 4 is 16.6 Å². The molecule has 84 valence electrons. The smallest absolute Gasteiger partial charge is 0.131 e. The fourth-order valence-electron chi connectivity index (χ4n) is 1.98. The third kappa shape index (κ3) is 1.30. The number of fused-ring (bicyclic) bond motifs is 1. The van der Waals surface area contributed by atoms with Crippen LogP contribution < -0.4 is 5.73 Å². The van der Waals surface area contributed by atoms with Gasteiger partial charge in [-0.1, -0.05) is 6.08 Å². The van der Waals surface area contributed by atoms with Gasteiger partial charge in [0.2, 0.25) is 0 Å². The molecule has 2 rings (SSSR count). The van der Waals surface area contributed by atoms with Crippen molar-refractivity contribution in [2.45, 2.75) is 20.8 Å². The molecule has 0 atom stereocenters. The molecule has 0 aliphatic carbocycles. The van der Waals surface area contributed by atoms with Gasteiger partial charge in [-0.15, -0.1) is 0 Å². The van der Waals surface area contributed by atoms with Crippen LogP contribution in [-0.4, -0.2) is 10.2 Å². The van der Waals surface area contributed by atoms with Crippen LogP contribution >= 0.6 is 0 Å². The molecule has 0 aliphatic heterocycles. The summed E-state index contributed by atoms with van der Waals surface area (Å²) in [5.41, 5.74) is 9.06. The number of hydrogen-bond acceptors (Lipinski definition) is 2. The number of rotatable bonds is 1. The zero-order chi connectivity index (χ0) is 11.9. The monoisotopic (exact) mass is 219 g/mol. The minimum Gasteiger partial charge on any atom is -0.398 e. The van der Waals surface area contributed by atoms with Gasteiger partial charge >= 0.3 is 0 Å². The van der Waals surface area contributed by atoms with Crippen LogP contribution in [0.2, 0.25) is 0 Å². The Hall–Kier alpha value is -1.84. The molecule has 0 fully saturated rings. The van der Waals surface area contributed by atoms with Crippen LogP contribution in [0.5, 0.6) is 0 Å². The molecule has 3 nitrogen and oxygen atoms in total. The third-order valence-corrected chi connectivity index (χ3v) is 2.92. The fourth-order valence-corrected chi connectivity index (χ4v) is 1.98. The molecule has 4 heteroatoms. The second-order valence-corrected chi connectivity index (χ2v) is 3.84. The molecule has 1 aromatic heterocycles. The SMILES string of the molecule is C/C=C(\N)c1c(C)c(F)c(C)c2[nH]ncc12. The van der Waals surface area contributed by atoms with Crippen molar-refractivity contribution in [3.05, 3.63) is 34.8 Å². The van der Waals surface area contributed by atoms with E-state index in [-0.39, 0.29) is 5.82 Å². The molecule has 3 N–H and O–H groups in total. The van der Waals surface area contributed by atoms with Crippen LogP contribution in [0.25, 0.3) is 16.6 Å². The van der Waals surface area contributed by atoms with E-state index in [9.17, 15) is 4.39 Å². The zero-order valence-electron chi connectivity index (χ0n) is 9.56. The van der Waals surface area contributed by atoms with Crippen LogP contribution in [0, 0.1) is 19.7 Å². The van der Waals surface area contributed by atoms with Gasteiger partial charge in [-0.3, -0.25) is 5.10 Å². The summed E-state index contributed by atoms with van der Waals surface area (Å²) in [6, 6.07) is 0. The number of nitrogens with two attached hydrogens (primary N) is 1. The molecule has 0 amide bonds. The lowest BCUT2D eigenvalue weighted by atomic mass is 9.97. The van der Waals surface area contributed by atoms with E-state index in [2.05, 4.69) is 10.2 Å². The molecule has 1 aromatic carbocycles. The lowest BCUT2D eigenvalue weighted by Gasteiger charge is -2.11. The minimum atomic E-state index is -0.225. The number of aromatic nitrogens is 2. The average Bonchev–Trinajstić information content (AvgIpc) is 2.74. The van der Waals surface area contributed by atoms with Crippen molar-refractivity contribution in [3.8, 4) is 0 Å². The molecule has 0 bridgehead atoms. The summed E-state index contributed by atoms with van der Waals surface area (Å²) in [7, 11) is 0. The molecule has 0 saturated heterocycles. The molecule has 16 heavy (non-hydrogen) atoms. The van der Waals surface area contributed by atoms with E-state index in [4.69, 9.17) is 5.73 Å². The van der Waals surface area contributed by atoms with E-state index < -0.39 is 0 Å². The Morgan fingerprint density at radius 1 is 1.44 bits per heavy atom. The summed E-state index contributed by atoms with van der Waals surface area (Å²) < 4.78 is 14.0. The largest absolute Gasteiger partial charge is 0.398 e. The van der Waals surface area contributed by atoms with Gasteiger partial charge in [-0.25, -0.2) is 4.39 Å². The molecular weight excluding hydrogens is 205 g/mol. The summed E-state index contributed by atoms with van der Waals surface area (Å²) >= 11 is 0. The second-order valence-electron chi connectivity index (χ2n) is 3.84. The predicted molar refractivity (Wildman–Crippen MR) is 63.4 cm³/mol. The number of H-pyrrole nitrogens is 1. The Labute approximate surface area is 93.2 Å². The van der Waals surface area contributed by atoms with Gasteiger partial charge in [0, 0.05) is 22.2 Å². The van der Waals surface area contributed by atoms with Gasteiger partial charge < -0.3 is 5.73 Å². The van der Waals surface area contributed by atoms with Crippen molar-refractivity contribution in [3.63, 3.8) is 0 Å². The Morgan fingerprint density at radius 3 is 2.75 bits per heavy atom. The number of aryl methyl sites for hydroxylation is 1. The molecule has 0 aliphatic rings. The molecule has 1 heterocycles. The number of hydrogen-bond donors (Lipinski definition) is 2. The fraction of sp³-hybridized carbons (Fsp3) is 0.250. The Bertz CT molecular complexity index is 581. The highest BCUT2D eigenvalue weighted by Crippen LogP contribution is 2.30. The van der Waals surface area contributed by atoms with Crippen LogP contribution in [-0.2, 0) is 0 Å². The van der Waals surface area contributed by atoms with E-state index in [1.165, 1.54) is 0 Å². The third-order valence-electron chi connectivity index (χ3n) is 2.92. The molecule has 0 radical (unpaired) electrons. The molecule has 2 aromatic rings. The van der Waals surface area contributed by atoms with Crippen molar-refractivity contribution < 1.29 is 4.39 Å². The molecule has 0 unspecified atom stereocenters. The first kappa shape index (κ1) is 10.7. The van der Waals surface area contributed by atoms with Crippen LogP contribution in [0.3, 0.4) is 0 Å². The van der Waals surface area contributed by atoms with E-state index >= 15 is 0 Å². The highest BCUT2D eigenvalue weighted by Gasteiger charge is 2.16. The highest BCUT2D eigenvalue weighted by molar-refractivity contribution is 5.94. The maximum atomic E-state index is 14.0. The molecule has 0 spiro atoms. The van der Waals surface area contributed by atoms with Crippen LogP contribution in [0.4, 0.5) is 4.39 Å². The van der Waals surface area contributed by atoms with Crippen molar-refractivity contribution in [2.75, 3.05) is 0 Å². The van der Waals surface area contributed by atoms with Crippen LogP contribution in [0.15, 0.2) is 12.3 Å². The van der Waals surface area contributed by atoms with Crippen molar-refractivity contribution in [1.82, 2.24) is 10.2 Å². The summed E-state index contributed by atoms with van der Waals surface area (Å²) in [4.78, 5) is 0. The van der Waals surface area contributed by atoms with E-state index in [1.54, 1.807) is 26.1 Å². The number of benzene rings is 1. The maximum Gasteiger partial charge on any atom is 0.131 e. The quantitative estimate of drug-likeness (QED) is 0.774. The maximum absolute atomic E-state index is 14.0. The number of allylic oxidation sites excluding steroid dienone is 1.